The lowest BCUT2D eigenvalue weighted by Crippen LogP contribution is -2.02. The zero-order valence-corrected chi connectivity index (χ0v) is 11.8. The van der Waals surface area contributed by atoms with Crippen molar-refractivity contribution >= 4 is 11.5 Å². The van der Waals surface area contributed by atoms with Crippen molar-refractivity contribution in [3.63, 3.8) is 0 Å². The van der Waals surface area contributed by atoms with E-state index in [1.807, 2.05) is 35.7 Å². The third-order valence-corrected chi connectivity index (χ3v) is 3.61. The molecule has 0 saturated heterocycles. The maximum absolute atomic E-state index is 13.1. The quantitative estimate of drug-likeness (QED) is 0.669. The molecule has 0 aliphatic rings. The van der Waals surface area contributed by atoms with E-state index < -0.39 is 5.97 Å². The number of hydrogen-bond donors (Lipinski definition) is 0. The molecule has 21 heavy (non-hydrogen) atoms. The zero-order valence-electron chi connectivity index (χ0n) is 11.8. The summed E-state index contributed by atoms with van der Waals surface area (Å²) in [4.78, 5) is 12.2. The largest absolute Gasteiger partial charge is 0.465 e. The third-order valence-electron chi connectivity index (χ3n) is 3.61. The minimum absolute atomic E-state index is 0.306. The van der Waals surface area contributed by atoms with E-state index in [2.05, 4.69) is 0 Å². The summed E-state index contributed by atoms with van der Waals surface area (Å²) in [6.07, 6.45) is 1.89. The van der Waals surface area contributed by atoms with E-state index in [1.165, 1.54) is 19.2 Å². The first-order valence-electron chi connectivity index (χ1n) is 6.57. The van der Waals surface area contributed by atoms with Crippen LogP contribution < -0.4 is 0 Å². The minimum Gasteiger partial charge on any atom is -0.465 e. The molecule has 0 fully saturated rings. The highest BCUT2D eigenvalue weighted by Crippen LogP contribution is 2.33. The van der Waals surface area contributed by atoms with Crippen LogP contribution in [0, 0.1) is 12.7 Å². The second-order valence-corrected chi connectivity index (χ2v) is 4.79. The lowest BCUT2D eigenvalue weighted by atomic mass is 10.0. The fraction of sp³-hybridized carbons (Fsp3) is 0.118. The molecule has 2 heterocycles. The van der Waals surface area contributed by atoms with Crippen LogP contribution >= 0.6 is 0 Å². The standard InChI is InChI=1S/C17H14FNO2/c1-11-15(12-6-8-13(18)9-7-12)16(17(20)21-2)14-5-3-4-10-19(11)14/h3-10H,1-2H3. The van der Waals surface area contributed by atoms with E-state index in [0.29, 0.717) is 5.56 Å². The molecule has 0 N–H and O–H groups in total. The molecule has 3 rings (SSSR count). The first-order chi connectivity index (χ1) is 10.1. The van der Waals surface area contributed by atoms with Crippen LogP contribution in [0.2, 0.25) is 0 Å². The van der Waals surface area contributed by atoms with Gasteiger partial charge in [0, 0.05) is 17.5 Å². The molecule has 0 spiro atoms. The van der Waals surface area contributed by atoms with Crippen LogP contribution in [0.3, 0.4) is 0 Å². The Morgan fingerprint density at radius 3 is 2.52 bits per heavy atom. The van der Waals surface area contributed by atoms with Crippen molar-refractivity contribution in [2.75, 3.05) is 7.11 Å². The smallest absolute Gasteiger partial charge is 0.340 e. The van der Waals surface area contributed by atoms with Gasteiger partial charge in [-0.3, -0.25) is 0 Å². The number of methoxy groups -OCH3 is 1. The molecule has 1 aromatic carbocycles. The van der Waals surface area contributed by atoms with E-state index >= 15 is 0 Å². The fourth-order valence-electron chi connectivity index (χ4n) is 2.65. The number of aromatic nitrogens is 1. The molecule has 0 unspecified atom stereocenters. The van der Waals surface area contributed by atoms with Crippen molar-refractivity contribution in [3.05, 3.63) is 65.7 Å². The Balaban J connectivity index is 2.37. The number of rotatable bonds is 2. The molecule has 0 amide bonds. The highest BCUT2D eigenvalue weighted by atomic mass is 19.1. The second-order valence-electron chi connectivity index (χ2n) is 4.79. The summed E-state index contributed by atoms with van der Waals surface area (Å²) >= 11 is 0. The van der Waals surface area contributed by atoms with Crippen LogP contribution in [0.4, 0.5) is 4.39 Å². The normalized spacial score (nSPS) is 10.8. The van der Waals surface area contributed by atoms with E-state index in [-0.39, 0.29) is 5.82 Å². The average molecular weight is 283 g/mol. The van der Waals surface area contributed by atoms with Gasteiger partial charge in [0.05, 0.1) is 18.2 Å². The Bertz CT molecular complexity index is 819. The van der Waals surface area contributed by atoms with E-state index in [0.717, 1.165) is 22.3 Å². The van der Waals surface area contributed by atoms with Crippen molar-refractivity contribution in [2.45, 2.75) is 6.92 Å². The maximum Gasteiger partial charge on any atom is 0.340 e. The summed E-state index contributed by atoms with van der Waals surface area (Å²) in [5.41, 5.74) is 3.76. The number of carbonyl (C=O) groups excluding carboxylic acids is 1. The van der Waals surface area contributed by atoms with Gasteiger partial charge in [-0.1, -0.05) is 18.2 Å². The number of esters is 1. The molecule has 0 aliphatic carbocycles. The molecule has 0 aliphatic heterocycles. The number of pyridine rings is 1. The second kappa shape index (κ2) is 5.05. The van der Waals surface area contributed by atoms with Crippen LogP contribution in [-0.2, 0) is 4.74 Å². The Morgan fingerprint density at radius 2 is 1.86 bits per heavy atom. The molecule has 0 bridgehead atoms. The number of aryl methyl sites for hydroxylation is 1. The molecular weight excluding hydrogens is 269 g/mol. The Labute approximate surface area is 121 Å². The van der Waals surface area contributed by atoms with Crippen LogP contribution in [0.1, 0.15) is 16.1 Å². The Morgan fingerprint density at radius 1 is 1.14 bits per heavy atom. The van der Waals surface area contributed by atoms with Crippen molar-refractivity contribution in [3.8, 4) is 11.1 Å². The number of halogens is 1. The molecule has 3 aromatic rings. The summed E-state index contributed by atoms with van der Waals surface area (Å²) in [5, 5.41) is 0. The zero-order chi connectivity index (χ0) is 15.0. The molecule has 0 saturated carbocycles. The summed E-state index contributed by atoms with van der Waals surface area (Å²) in [6, 6.07) is 11.8. The molecule has 4 heteroatoms. The van der Waals surface area contributed by atoms with Gasteiger partial charge in [-0.05, 0) is 36.8 Å². The SMILES string of the molecule is COC(=O)c1c(-c2ccc(F)cc2)c(C)n2ccccc12. The first-order valence-corrected chi connectivity index (χ1v) is 6.57. The van der Waals surface area contributed by atoms with Gasteiger partial charge in [0.25, 0.3) is 0 Å². The van der Waals surface area contributed by atoms with Gasteiger partial charge in [0.15, 0.2) is 0 Å². The van der Waals surface area contributed by atoms with Crippen molar-refractivity contribution in [2.24, 2.45) is 0 Å². The van der Waals surface area contributed by atoms with Gasteiger partial charge in [0.2, 0.25) is 0 Å². The predicted octanol–water partition coefficient (Wildman–Crippen LogP) is 3.84. The number of hydrogen-bond acceptors (Lipinski definition) is 2. The number of fused-ring (bicyclic) bond motifs is 1. The van der Waals surface area contributed by atoms with Crippen molar-refractivity contribution in [1.82, 2.24) is 4.40 Å². The van der Waals surface area contributed by atoms with E-state index in [9.17, 15) is 9.18 Å². The summed E-state index contributed by atoms with van der Waals surface area (Å²) in [7, 11) is 1.36. The summed E-state index contributed by atoms with van der Waals surface area (Å²) in [6.45, 7) is 1.93. The number of benzene rings is 1. The van der Waals surface area contributed by atoms with Crippen molar-refractivity contribution in [1.29, 1.82) is 0 Å². The fourth-order valence-corrected chi connectivity index (χ4v) is 2.65. The lowest BCUT2D eigenvalue weighted by molar-refractivity contribution is 0.0604. The number of nitrogens with zero attached hydrogens (tertiary/aromatic N) is 1. The first kappa shape index (κ1) is 13.4. The number of ether oxygens (including phenoxy) is 1. The molecule has 2 aromatic heterocycles. The highest BCUT2D eigenvalue weighted by Gasteiger charge is 2.22. The molecule has 0 atom stereocenters. The van der Waals surface area contributed by atoms with Gasteiger partial charge in [-0.15, -0.1) is 0 Å². The molecule has 0 radical (unpaired) electrons. The summed E-state index contributed by atoms with van der Waals surface area (Å²) < 4.78 is 20.0. The maximum atomic E-state index is 13.1. The van der Waals surface area contributed by atoms with Gasteiger partial charge >= 0.3 is 5.97 Å². The van der Waals surface area contributed by atoms with Gasteiger partial charge in [0.1, 0.15) is 5.82 Å². The van der Waals surface area contributed by atoms with E-state index in [1.54, 1.807) is 12.1 Å². The minimum atomic E-state index is -0.397. The summed E-state index contributed by atoms with van der Waals surface area (Å²) in [5.74, 6) is -0.703. The van der Waals surface area contributed by atoms with Gasteiger partial charge in [-0.2, -0.15) is 0 Å². The van der Waals surface area contributed by atoms with E-state index in [4.69, 9.17) is 4.74 Å². The van der Waals surface area contributed by atoms with Crippen LogP contribution in [0.5, 0.6) is 0 Å². The lowest BCUT2D eigenvalue weighted by Gasteiger charge is -2.04. The molecule has 3 nitrogen and oxygen atoms in total. The number of carbonyl (C=O) groups is 1. The third kappa shape index (κ3) is 2.09. The Hall–Kier alpha value is -2.62. The average Bonchev–Trinajstić information content (AvgIpc) is 2.81. The van der Waals surface area contributed by atoms with Crippen LogP contribution in [-0.4, -0.2) is 17.5 Å². The van der Waals surface area contributed by atoms with Gasteiger partial charge in [-0.25, -0.2) is 9.18 Å². The monoisotopic (exact) mass is 283 g/mol. The molecular formula is C17H14FNO2. The highest BCUT2D eigenvalue weighted by molar-refractivity contribution is 6.05. The molecule has 106 valence electrons. The van der Waals surface area contributed by atoms with Gasteiger partial charge < -0.3 is 9.14 Å². The Kier molecular flexibility index (Phi) is 3.22. The van der Waals surface area contributed by atoms with Crippen molar-refractivity contribution < 1.29 is 13.9 Å². The topological polar surface area (TPSA) is 30.7 Å². The van der Waals surface area contributed by atoms with Crippen LogP contribution in [0.15, 0.2) is 48.7 Å². The van der Waals surface area contributed by atoms with Crippen LogP contribution in [0.25, 0.3) is 16.6 Å². The predicted molar refractivity (Wildman–Crippen MR) is 78.9 cm³/mol.